The van der Waals surface area contributed by atoms with Crippen molar-refractivity contribution in [2.75, 3.05) is 23.3 Å². The van der Waals surface area contributed by atoms with E-state index in [1.165, 1.54) is 4.90 Å². The van der Waals surface area contributed by atoms with Crippen LogP contribution < -0.4 is 15.6 Å². The number of rotatable bonds is 5. The Labute approximate surface area is 205 Å². The molecule has 0 aliphatic carbocycles. The molecule has 5 rings (SSSR count). The topological polar surface area (TPSA) is 71.3 Å². The van der Waals surface area contributed by atoms with Crippen molar-refractivity contribution < 1.29 is 13.2 Å². The summed E-state index contributed by atoms with van der Waals surface area (Å²) in [6, 6.07) is 10.4. The van der Waals surface area contributed by atoms with E-state index >= 15 is 0 Å². The highest BCUT2D eigenvalue weighted by Gasteiger charge is 2.45. The van der Waals surface area contributed by atoms with Gasteiger partial charge in [-0.15, -0.1) is 0 Å². The molecule has 1 aliphatic heterocycles. The fourth-order valence-corrected chi connectivity index (χ4v) is 4.56. The zero-order valence-electron chi connectivity index (χ0n) is 19.4. The first-order valence-electron chi connectivity index (χ1n) is 11.2. The van der Waals surface area contributed by atoms with Crippen LogP contribution in [0.15, 0.2) is 58.0 Å². The highest BCUT2D eigenvalue weighted by Crippen LogP contribution is 2.38. The maximum atomic E-state index is 13.5. The standard InChI is InChI=1S/C26H23ClF2N4O2/c1-14-9-18(16(3)31-20-6-7-21(27)32-25(20)33-12-26(28,29)13-33)24-19(10-14)22(34)15(2)23(35-24)17-5-4-8-30-11-17/h4-11,16,31H,12-13H2,1-3H3/t16-/m1/s1. The zero-order chi connectivity index (χ0) is 24.9. The van der Waals surface area contributed by atoms with Crippen molar-refractivity contribution in [1.29, 1.82) is 0 Å². The number of pyridine rings is 2. The van der Waals surface area contributed by atoms with Crippen LogP contribution in [0.5, 0.6) is 0 Å². The Morgan fingerprint density at radius 1 is 1.20 bits per heavy atom. The lowest BCUT2D eigenvalue weighted by Crippen LogP contribution is -2.56. The number of anilines is 2. The van der Waals surface area contributed by atoms with E-state index in [1.54, 1.807) is 37.5 Å². The molecule has 1 fully saturated rings. The normalized spacial score (nSPS) is 15.7. The summed E-state index contributed by atoms with van der Waals surface area (Å²) in [5.74, 6) is -1.92. The lowest BCUT2D eigenvalue weighted by molar-refractivity contribution is -0.0266. The van der Waals surface area contributed by atoms with Gasteiger partial charge in [0.15, 0.2) is 11.2 Å². The molecule has 0 saturated carbocycles. The number of nitrogens with zero attached hydrogens (tertiary/aromatic N) is 3. The number of alkyl halides is 2. The number of fused-ring (bicyclic) bond motifs is 1. The molecule has 9 heteroatoms. The Hall–Kier alpha value is -3.52. The zero-order valence-corrected chi connectivity index (χ0v) is 20.2. The van der Waals surface area contributed by atoms with Crippen molar-refractivity contribution in [1.82, 2.24) is 9.97 Å². The number of hydrogen-bond donors (Lipinski definition) is 1. The second kappa shape index (κ2) is 8.61. The van der Waals surface area contributed by atoms with E-state index in [1.807, 2.05) is 32.0 Å². The molecule has 0 unspecified atom stereocenters. The van der Waals surface area contributed by atoms with Gasteiger partial charge >= 0.3 is 0 Å². The van der Waals surface area contributed by atoms with Gasteiger partial charge in [0.05, 0.1) is 30.2 Å². The van der Waals surface area contributed by atoms with Crippen LogP contribution in [0.25, 0.3) is 22.3 Å². The minimum atomic E-state index is -2.75. The third-order valence-electron chi connectivity index (χ3n) is 6.14. The van der Waals surface area contributed by atoms with Crippen LogP contribution in [-0.2, 0) is 0 Å². The summed E-state index contributed by atoms with van der Waals surface area (Å²) in [5.41, 5.74) is 3.79. The van der Waals surface area contributed by atoms with Crippen LogP contribution in [-0.4, -0.2) is 29.0 Å². The first kappa shape index (κ1) is 23.2. The third-order valence-corrected chi connectivity index (χ3v) is 6.35. The maximum absolute atomic E-state index is 13.5. The monoisotopic (exact) mass is 496 g/mol. The van der Waals surface area contributed by atoms with E-state index in [0.717, 1.165) is 11.1 Å². The molecule has 4 aromatic rings. The fraction of sp³-hybridized carbons (Fsp3) is 0.269. The smallest absolute Gasteiger partial charge is 0.282 e. The molecule has 1 N–H and O–H groups in total. The minimum Gasteiger partial charge on any atom is -0.455 e. The molecular formula is C26H23ClF2N4O2. The number of aromatic nitrogens is 2. The molecule has 6 nitrogen and oxygen atoms in total. The quantitative estimate of drug-likeness (QED) is 0.334. The van der Waals surface area contributed by atoms with E-state index in [0.29, 0.717) is 39.4 Å². The van der Waals surface area contributed by atoms with E-state index < -0.39 is 19.0 Å². The molecule has 0 amide bonds. The second-order valence-corrected chi connectivity index (χ2v) is 9.33. The van der Waals surface area contributed by atoms with Gasteiger partial charge in [0, 0.05) is 29.1 Å². The van der Waals surface area contributed by atoms with Gasteiger partial charge in [0.25, 0.3) is 5.92 Å². The van der Waals surface area contributed by atoms with Crippen LogP contribution in [0.4, 0.5) is 20.3 Å². The number of benzene rings is 1. The molecule has 1 aromatic carbocycles. The van der Waals surface area contributed by atoms with Crippen LogP contribution in [0.1, 0.15) is 29.7 Å². The molecule has 35 heavy (non-hydrogen) atoms. The van der Waals surface area contributed by atoms with Crippen molar-refractivity contribution in [2.24, 2.45) is 0 Å². The van der Waals surface area contributed by atoms with Crippen molar-refractivity contribution in [2.45, 2.75) is 32.7 Å². The van der Waals surface area contributed by atoms with Gasteiger partial charge in [0.2, 0.25) is 0 Å². The summed E-state index contributed by atoms with van der Waals surface area (Å²) in [6.45, 7) is 4.74. The van der Waals surface area contributed by atoms with E-state index in [-0.39, 0.29) is 16.6 Å². The first-order valence-corrected chi connectivity index (χ1v) is 11.5. The van der Waals surface area contributed by atoms with E-state index in [9.17, 15) is 13.6 Å². The molecule has 0 spiro atoms. The number of halogens is 3. The van der Waals surface area contributed by atoms with Gasteiger partial charge in [0.1, 0.15) is 16.5 Å². The van der Waals surface area contributed by atoms with Gasteiger partial charge in [-0.3, -0.25) is 9.78 Å². The average molecular weight is 497 g/mol. The molecule has 1 saturated heterocycles. The van der Waals surface area contributed by atoms with Crippen LogP contribution in [0, 0.1) is 13.8 Å². The molecule has 1 atom stereocenters. The van der Waals surface area contributed by atoms with Gasteiger partial charge in [-0.25, -0.2) is 13.8 Å². The number of hydrogen-bond acceptors (Lipinski definition) is 6. The van der Waals surface area contributed by atoms with Gasteiger partial charge in [-0.05, 0) is 56.7 Å². The summed E-state index contributed by atoms with van der Waals surface area (Å²) in [4.78, 5) is 23.2. The lowest BCUT2D eigenvalue weighted by Gasteiger charge is -2.40. The highest BCUT2D eigenvalue weighted by atomic mass is 35.5. The second-order valence-electron chi connectivity index (χ2n) is 8.94. The van der Waals surface area contributed by atoms with E-state index in [2.05, 4.69) is 15.3 Å². The van der Waals surface area contributed by atoms with E-state index in [4.69, 9.17) is 16.0 Å². The van der Waals surface area contributed by atoms with Crippen LogP contribution in [0.3, 0.4) is 0 Å². The summed E-state index contributed by atoms with van der Waals surface area (Å²) in [5, 5.41) is 4.06. The van der Waals surface area contributed by atoms with Crippen molar-refractivity contribution in [3.63, 3.8) is 0 Å². The molecular weight excluding hydrogens is 474 g/mol. The van der Waals surface area contributed by atoms with Crippen molar-refractivity contribution >= 4 is 34.1 Å². The summed E-state index contributed by atoms with van der Waals surface area (Å²) in [7, 11) is 0. The maximum Gasteiger partial charge on any atom is 0.282 e. The Balaban J connectivity index is 1.59. The Morgan fingerprint density at radius 3 is 2.66 bits per heavy atom. The number of aryl methyl sites for hydroxylation is 1. The molecule has 3 aromatic heterocycles. The SMILES string of the molecule is Cc1cc([C@@H](C)Nc2ccc(Cl)nc2N2CC(F)(F)C2)c2oc(-c3cccnc3)c(C)c(=O)c2c1. The summed E-state index contributed by atoms with van der Waals surface area (Å²) < 4.78 is 33.4. The first-order chi connectivity index (χ1) is 16.6. The average Bonchev–Trinajstić information content (AvgIpc) is 2.81. The molecule has 180 valence electrons. The van der Waals surface area contributed by atoms with Crippen molar-refractivity contribution in [3.05, 3.63) is 80.9 Å². The van der Waals surface area contributed by atoms with Gasteiger partial charge in [-0.2, -0.15) is 0 Å². The predicted octanol–water partition coefficient (Wildman–Crippen LogP) is 6.15. The number of nitrogens with one attached hydrogen (secondary N) is 1. The summed E-state index contributed by atoms with van der Waals surface area (Å²) >= 11 is 6.07. The molecule has 0 bridgehead atoms. The van der Waals surface area contributed by atoms with Crippen LogP contribution in [0.2, 0.25) is 5.15 Å². The molecule has 0 radical (unpaired) electrons. The fourth-order valence-electron chi connectivity index (χ4n) is 4.41. The lowest BCUT2D eigenvalue weighted by atomic mass is 9.99. The molecule has 1 aliphatic rings. The highest BCUT2D eigenvalue weighted by molar-refractivity contribution is 6.29. The largest absolute Gasteiger partial charge is 0.455 e. The molecule has 4 heterocycles. The minimum absolute atomic E-state index is 0.112. The Bertz CT molecular complexity index is 1480. The van der Waals surface area contributed by atoms with Gasteiger partial charge in [-0.1, -0.05) is 17.7 Å². The Morgan fingerprint density at radius 2 is 1.97 bits per heavy atom. The van der Waals surface area contributed by atoms with Crippen molar-refractivity contribution in [3.8, 4) is 11.3 Å². The predicted molar refractivity (Wildman–Crippen MR) is 134 cm³/mol. The Kier molecular flexibility index (Phi) is 5.71. The van der Waals surface area contributed by atoms with Crippen LogP contribution >= 0.6 is 11.6 Å². The summed E-state index contributed by atoms with van der Waals surface area (Å²) in [6.07, 6.45) is 3.31. The van der Waals surface area contributed by atoms with Gasteiger partial charge < -0.3 is 14.6 Å². The third kappa shape index (κ3) is 4.34.